The van der Waals surface area contributed by atoms with Gasteiger partial charge in [0.15, 0.2) is 5.65 Å². The highest BCUT2D eigenvalue weighted by Gasteiger charge is 2.26. The van der Waals surface area contributed by atoms with Gasteiger partial charge in [0.2, 0.25) is 0 Å². The molecule has 0 bridgehead atoms. The molecule has 0 atom stereocenters. The Morgan fingerprint density at radius 2 is 2.27 bits per heavy atom. The molecule has 0 spiro atoms. The molecule has 1 aliphatic carbocycles. The van der Waals surface area contributed by atoms with Gasteiger partial charge in [0, 0.05) is 24.2 Å². The lowest BCUT2D eigenvalue weighted by molar-refractivity contribution is 0.836. The molecule has 1 fully saturated rings. The van der Waals surface area contributed by atoms with E-state index in [9.17, 15) is 0 Å². The molecule has 0 saturated heterocycles. The SMILES string of the molecule is Cc1cc(CN)nc2cc(C3CC3)nn12. The number of nitrogens with two attached hydrogens (primary N) is 1. The number of hydrogen-bond donors (Lipinski definition) is 1. The highest BCUT2D eigenvalue weighted by molar-refractivity contribution is 5.43. The molecule has 2 heterocycles. The zero-order valence-electron chi connectivity index (χ0n) is 8.77. The van der Waals surface area contributed by atoms with Gasteiger partial charge in [-0.3, -0.25) is 0 Å². The van der Waals surface area contributed by atoms with Crippen molar-refractivity contribution in [3.05, 3.63) is 29.2 Å². The Balaban J connectivity index is 2.19. The van der Waals surface area contributed by atoms with Crippen molar-refractivity contribution in [1.29, 1.82) is 0 Å². The van der Waals surface area contributed by atoms with E-state index in [1.165, 1.54) is 18.5 Å². The Morgan fingerprint density at radius 3 is 2.93 bits per heavy atom. The standard InChI is InChI=1S/C11H14N4/c1-7-4-9(6-12)13-11-5-10(8-2-3-8)14-15(7)11/h4-5,8H,2-3,6,12H2,1H3. The number of fused-ring (bicyclic) bond motifs is 1. The van der Waals surface area contributed by atoms with Crippen LogP contribution in [0.5, 0.6) is 0 Å². The van der Waals surface area contributed by atoms with E-state index in [1.807, 2.05) is 17.5 Å². The Morgan fingerprint density at radius 1 is 1.47 bits per heavy atom. The van der Waals surface area contributed by atoms with Crippen LogP contribution in [-0.4, -0.2) is 14.6 Å². The zero-order valence-corrected chi connectivity index (χ0v) is 8.77. The molecule has 4 heteroatoms. The summed E-state index contributed by atoms with van der Waals surface area (Å²) in [4.78, 5) is 4.46. The summed E-state index contributed by atoms with van der Waals surface area (Å²) in [6.45, 7) is 2.53. The van der Waals surface area contributed by atoms with Gasteiger partial charge in [-0.15, -0.1) is 0 Å². The number of rotatable bonds is 2. The van der Waals surface area contributed by atoms with E-state index in [0.29, 0.717) is 12.5 Å². The summed E-state index contributed by atoms with van der Waals surface area (Å²) in [5.74, 6) is 0.674. The molecule has 15 heavy (non-hydrogen) atoms. The molecule has 0 aromatic carbocycles. The molecule has 0 amide bonds. The minimum absolute atomic E-state index is 0.487. The summed E-state index contributed by atoms with van der Waals surface area (Å²) < 4.78 is 1.91. The third-order valence-corrected chi connectivity index (χ3v) is 2.88. The van der Waals surface area contributed by atoms with Gasteiger partial charge in [-0.1, -0.05) is 0 Å². The number of hydrogen-bond acceptors (Lipinski definition) is 3. The zero-order chi connectivity index (χ0) is 10.4. The summed E-state index contributed by atoms with van der Waals surface area (Å²) in [7, 11) is 0. The number of aromatic nitrogens is 3. The van der Waals surface area contributed by atoms with Crippen molar-refractivity contribution in [3.8, 4) is 0 Å². The van der Waals surface area contributed by atoms with Gasteiger partial charge >= 0.3 is 0 Å². The van der Waals surface area contributed by atoms with Crippen LogP contribution >= 0.6 is 0 Å². The highest BCUT2D eigenvalue weighted by Crippen LogP contribution is 2.39. The lowest BCUT2D eigenvalue weighted by atomic mass is 10.3. The van der Waals surface area contributed by atoms with Crippen molar-refractivity contribution in [2.24, 2.45) is 5.73 Å². The molecule has 2 aromatic heterocycles. The maximum Gasteiger partial charge on any atom is 0.155 e. The molecule has 3 rings (SSSR count). The topological polar surface area (TPSA) is 56.2 Å². The van der Waals surface area contributed by atoms with E-state index >= 15 is 0 Å². The van der Waals surface area contributed by atoms with Crippen molar-refractivity contribution in [1.82, 2.24) is 14.6 Å². The van der Waals surface area contributed by atoms with E-state index in [2.05, 4.69) is 16.1 Å². The largest absolute Gasteiger partial charge is 0.325 e. The smallest absolute Gasteiger partial charge is 0.155 e. The van der Waals surface area contributed by atoms with Gasteiger partial charge in [-0.2, -0.15) is 5.10 Å². The van der Waals surface area contributed by atoms with E-state index in [0.717, 1.165) is 17.0 Å². The van der Waals surface area contributed by atoms with Crippen molar-refractivity contribution in [2.45, 2.75) is 32.2 Å². The van der Waals surface area contributed by atoms with Crippen LogP contribution in [0.1, 0.15) is 35.8 Å². The van der Waals surface area contributed by atoms with Gasteiger partial charge in [-0.25, -0.2) is 9.50 Å². The summed E-state index contributed by atoms with van der Waals surface area (Å²) >= 11 is 0. The average Bonchev–Trinajstić information content (AvgIpc) is 2.98. The van der Waals surface area contributed by atoms with Crippen LogP contribution in [0.4, 0.5) is 0 Å². The Kier molecular flexibility index (Phi) is 1.79. The quantitative estimate of drug-likeness (QED) is 0.800. The van der Waals surface area contributed by atoms with Crippen molar-refractivity contribution < 1.29 is 0 Å². The van der Waals surface area contributed by atoms with Gasteiger partial charge in [0.25, 0.3) is 0 Å². The minimum atomic E-state index is 0.487. The van der Waals surface area contributed by atoms with E-state index < -0.39 is 0 Å². The first kappa shape index (κ1) is 8.85. The second kappa shape index (κ2) is 3.03. The first-order valence-electron chi connectivity index (χ1n) is 5.34. The van der Waals surface area contributed by atoms with Crippen molar-refractivity contribution >= 4 is 5.65 Å². The maximum absolute atomic E-state index is 5.60. The minimum Gasteiger partial charge on any atom is -0.325 e. The second-order valence-corrected chi connectivity index (χ2v) is 4.21. The summed E-state index contributed by atoms with van der Waals surface area (Å²) in [6, 6.07) is 4.08. The lowest BCUT2D eigenvalue weighted by Gasteiger charge is -2.01. The normalized spacial score (nSPS) is 16.1. The lowest BCUT2D eigenvalue weighted by Crippen LogP contribution is -2.04. The number of aryl methyl sites for hydroxylation is 1. The highest BCUT2D eigenvalue weighted by atomic mass is 15.3. The molecule has 2 N–H and O–H groups in total. The Bertz CT molecular complexity index is 511. The average molecular weight is 202 g/mol. The van der Waals surface area contributed by atoms with Crippen LogP contribution in [-0.2, 0) is 6.54 Å². The van der Waals surface area contributed by atoms with Crippen molar-refractivity contribution in [2.75, 3.05) is 0 Å². The van der Waals surface area contributed by atoms with Crippen molar-refractivity contribution in [3.63, 3.8) is 0 Å². The van der Waals surface area contributed by atoms with Crippen LogP contribution in [0.3, 0.4) is 0 Å². The Labute approximate surface area is 88.1 Å². The fraction of sp³-hybridized carbons (Fsp3) is 0.455. The van der Waals surface area contributed by atoms with Crippen LogP contribution in [0.2, 0.25) is 0 Å². The molecule has 0 radical (unpaired) electrons. The van der Waals surface area contributed by atoms with Gasteiger partial charge in [0.05, 0.1) is 11.4 Å². The first-order chi connectivity index (χ1) is 7.28. The molecular weight excluding hydrogens is 188 g/mol. The fourth-order valence-electron chi connectivity index (χ4n) is 1.89. The van der Waals surface area contributed by atoms with Crippen LogP contribution in [0.25, 0.3) is 5.65 Å². The fourth-order valence-corrected chi connectivity index (χ4v) is 1.89. The molecule has 0 unspecified atom stereocenters. The predicted octanol–water partition coefficient (Wildman–Crippen LogP) is 1.37. The first-order valence-corrected chi connectivity index (χ1v) is 5.34. The van der Waals surface area contributed by atoms with E-state index in [-0.39, 0.29) is 0 Å². The maximum atomic E-state index is 5.60. The number of nitrogens with zero attached hydrogens (tertiary/aromatic N) is 3. The molecule has 4 nitrogen and oxygen atoms in total. The summed E-state index contributed by atoms with van der Waals surface area (Å²) in [5, 5.41) is 4.56. The van der Waals surface area contributed by atoms with E-state index in [4.69, 9.17) is 5.73 Å². The summed E-state index contributed by atoms with van der Waals surface area (Å²) in [6.07, 6.45) is 2.54. The van der Waals surface area contributed by atoms with E-state index in [1.54, 1.807) is 0 Å². The van der Waals surface area contributed by atoms with Gasteiger partial charge < -0.3 is 5.73 Å². The van der Waals surface area contributed by atoms with Crippen LogP contribution < -0.4 is 5.73 Å². The van der Waals surface area contributed by atoms with Gasteiger partial charge in [0.1, 0.15) is 0 Å². The second-order valence-electron chi connectivity index (χ2n) is 4.21. The third-order valence-electron chi connectivity index (χ3n) is 2.88. The monoisotopic (exact) mass is 202 g/mol. The van der Waals surface area contributed by atoms with Crippen LogP contribution in [0.15, 0.2) is 12.1 Å². The molecule has 0 aliphatic heterocycles. The molecule has 1 aliphatic rings. The Hall–Kier alpha value is -1.42. The molecule has 1 saturated carbocycles. The van der Waals surface area contributed by atoms with Gasteiger partial charge in [-0.05, 0) is 25.8 Å². The molecular formula is C11H14N4. The summed E-state index contributed by atoms with van der Waals surface area (Å²) in [5.41, 5.74) is 9.74. The molecule has 2 aromatic rings. The molecule has 78 valence electrons. The predicted molar refractivity (Wildman–Crippen MR) is 57.6 cm³/mol. The third kappa shape index (κ3) is 1.41. The van der Waals surface area contributed by atoms with Crippen LogP contribution in [0, 0.1) is 6.92 Å².